The van der Waals surface area contributed by atoms with E-state index in [2.05, 4.69) is 6.07 Å². The van der Waals surface area contributed by atoms with E-state index in [4.69, 9.17) is 0 Å². The number of hydrogen-bond donors (Lipinski definition) is 1. The van der Waals surface area contributed by atoms with E-state index in [1.807, 2.05) is 0 Å². The summed E-state index contributed by atoms with van der Waals surface area (Å²) in [6.07, 6.45) is 7.57. The summed E-state index contributed by atoms with van der Waals surface area (Å²) in [5.41, 5.74) is -1.37. The van der Waals surface area contributed by atoms with Gasteiger partial charge in [-0.15, -0.1) is 0 Å². The summed E-state index contributed by atoms with van der Waals surface area (Å²) in [5.74, 6) is 0. The number of nitriles is 1. The lowest BCUT2D eigenvalue weighted by atomic mass is 9.67. The molecule has 2 heteroatoms. The Morgan fingerprint density at radius 1 is 1.07 bits per heavy atom. The standard InChI is InChI=1S/C12H21NO/c1-11(2,14)12(10-13)8-6-4-3-5-7-9-12/h14H,3-9H2,1-2H3. The molecule has 0 aromatic heterocycles. The quantitative estimate of drug-likeness (QED) is 0.699. The van der Waals surface area contributed by atoms with Gasteiger partial charge in [-0.25, -0.2) is 0 Å². The second kappa shape index (κ2) is 4.31. The van der Waals surface area contributed by atoms with Gasteiger partial charge in [0.25, 0.3) is 0 Å². The van der Waals surface area contributed by atoms with E-state index in [9.17, 15) is 10.4 Å². The minimum Gasteiger partial charge on any atom is -0.389 e. The molecule has 0 radical (unpaired) electrons. The van der Waals surface area contributed by atoms with Crippen molar-refractivity contribution in [1.29, 1.82) is 5.26 Å². The third kappa shape index (κ3) is 2.27. The summed E-state index contributed by atoms with van der Waals surface area (Å²) in [4.78, 5) is 0. The highest BCUT2D eigenvalue weighted by molar-refractivity contribution is 5.08. The maximum absolute atomic E-state index is 10.1. The molecule has 0 aliphatic heterocycles. The first-order valence-electron chi connectivity index (χ1n) is 5.65. The van der Waals surface area contributed by atoms with Crippen molar-refractivity contribution in [3.8, 4) is 6.07 Å². The first-order chi connectivity index (χ1) is 6.52. The van der Waals surface area contributed by atoms with Crippen LogP contribution in [-0.2, 0) is 0 Å². The van der Waals surface area contributed by atoms with E-state index < -0.39 is 11.0 Å². The summed E-state index contributed by atoms with van der Waals surface area (Å²) in [5, 5.41) is 19.4. The van der Waals surface area contributed by atoms with Gasteiger partial charge in [-0.2, -0.15) is 5.26 Å². The van der Waals surface area contributed by atoms with Crippen molar-refractivity contribution in [3.63, 3.8) is 0 Å². The van der Waals surface area contributed by atoms with Crippen LogP contribution < -0.4 is 0 Å². The minimum atomic E-state index is -0.862. The van der Waals surface area contributed by atoms with Crippen molar-refractivity contribution in [2.75, 3.05) is 0 Å². The van der Waals surface area contributed by atoms with Crippen LogP contribution in [0.3, 0.4) is 0 Å². The zero-order valence-corrected chi connectivity index (χ0v) is 9.34. The van der Waals surface area contributed by atoms with Gasteiger partial charge in [0.1, 0.15) is 0 Å². The Kier molecular flexibility index (Phi) is 3.55. The van der Waals surface area contributed by atoms with Crippen LogP contribution in [0.5, 0.6) is 0 Å². The van der Waals surface area contributed by atoms with Crippen molar-refractivity contribution in [3.05, 3.63) is 0 Å². The van der Waals surface area contributed by atoms with Gasteiger partial charge in [0.2, 0.25) is 0 Å². The molecule has 0 aromatic rings. The Balaban J connectivity index is 2.80. The molecule has 0 saturated heterocycles. The van der Waals surface area contributed by atoms with Gasteiger partial charge in [-0.3, -0.25) is 0 Å². The molecule has 1 N–H and O–H groups in total. The SMILES string of the molecule is CC(C)(O)C1(C#N)CCCCCCC1. The van der Waals surface area contributed by atoms with Crippen molar-refractivity contribution < 1.29 is 5.11 Å². The highest BCUT2D eigenvalue weighted by Crippen LogP contribution is 2.42. The van der Waals surface area contributed by atoms with Gasteiger partial charge in [0.05, 0.1) is 17.1 Å². The lowest BCUT2D eigenvalue weighted by Crippen LogP contribution is -2.42. The third-order valence-corrected chi connectivity index (χ3v) is 3.59. The van der Waals surface area contributed by atoms with E-state index in [0.717, 1.165) is 25.7 Å². The summed E-state index contributed by atoms with van der Waals surface area (Å²) >= 11 is 0. The lowest BCUT2D eigenvalue weighted by Gasteiger charge is -2.39. The van der Waals surface area contributed by atoms with E-state index in [0.29, 0.717) is 0 Å². The van der Waals surface area contributed by atoms with Crippen LogP contribution in [0.15, 0.2) is 0 Å². The Morgan fingerprint density at radius 2 is 1.50 bits per heavy atom. The van der Waals surface area contributed by atoms with Gasteiger partial charge in [0, 0.05) is 0 Å². The molecule has 0 aromatic carbocycles. The molecule has 14 heavy (non-hydrogen) atoms. The Hall–Kier alpha value is -0.550. The van der Waals surface area contributed by atoms with Crippen LogP contribution in [0.4, 0.5) is 0 Å². The smallest absolute Gasteiger partial charge is 0.0854 e. The molecular formula is C12H21NO. The predicted molar refractivity (Wildman–Crippen MR) is 56.7 cm³/mol. The van der Waals surface area contributed by atoms with Crippen molar-refractivity contribution in [2.45, 2.75) is 64.4 Å². The van der Waals surface area contributed by atoms with Gasteiger partial charge >= 0.3 is 0 Å². The van der Waals surface area contributed by atoms with Crippen molar-refractivity contribution >= 4 is 0 Å². The van der Waals surface area contributed by atoms with Gasteiger partial charge in [0.15, 0.2) is 0 Å². The molecule has 1 saturated carbocycles. The fraction of sp³-hybridized carbons (Fsp3) is 0.917. The lowest BCUT2D eigenvalue weighted by molar-refractivity contribution is -0.0362. The van der Waals surface area contributed by atoms with Gasteiger partial charge in [-0.1, -0.05) is 32.1 Å². The molecule has 0 amide bonds. The summed E-state index contributed by atoms with van der Waals surface area (Å²) in [7, 11) is 0. The van der Waals surface area contributed by atoms with E-state index >= 15 is 0 Å². The van der Waals surface area contributed by atoms with E-state index in [1.165, 1.54) is 19.3 Å². The zero-order valence-electron chi connectivity index (χ0n) is 9.34. The van der Waals surface area contributed by atoms with Crippen LogP contribution in [0.25, 0.3) is 0 Å². The Labute approximate surface area is 86.9 Å². The fourth-order valence-corrected chi connectivity index (χ4v) is 2.37. The van der Waals surface area contributed by atoms with Crippen LogP contribution in [0, 0.1) is 16.7 Å². The van der Waals surface area contributed by atoms with Crippen molar-refractivity contribution in [1.82, 2.24) is 0 Å². The average Bonchev–Trinajstić information content (AvgIpc) is 2.02. The topological polar surface area (TPSA) is 44.0 Å². The molecule has 0 heterocycles. The van der Waals surface area contributed by atoms with Crippen LogP contribution in [0.1, 0.15) is 58.8 Å². The molecular weight excluding hydrogens is 174 g/mol. The molecule has 0 spiro atoms. The summed E-state index contributed by atoms with van der Waals surface area (Å²) in [6.45, 7) is 3.55. The Bertz CT molecular complexity index is 213. The molecule has 0 bridgehead atoms. The summed E-state index contributed by atoms with van der Waals surface area (Å²) in [6, 6.07) is 2.38. The van der Waals surface area contributed by atoms with E-state index in [1.54, 1.807) is 13.8 Å². The molecule has 1 rings (SSSR count). The minimum absolute atomic E-state index is 0.507. The fourth-order valence-electron chi connectivity index (χ4n) is 2.37. The second-order valence-electron chi connectivity index (χ2n) is 5.02. The number of aliphatic hydroxyl groups is 1. The van der Waals surface area contributed by atoms with E-state index in [-0.39, 0.29) is 0 Å². The maximum atomic E-state index is 10.1. The molecule has 80 valence electrons. The van der Waals surface area contributed by atoms with Crippen molar-refractivity contribution in [2.24, 2.45) is 5.41 Å². The highest BCUT2D eigenvalue weighted by Gasteiger charge is 2.43. The average molecular weight is 195 g/mol. The van der Waals surface area contributed by atoms with Crippen LogP contribution >= 0.6 is 0 Å². The number of hydrogen-bond acceptors (Lipinski definition) is 2. The second-order valence-corrected chi connectivity index (χ2v) is 5.02. The van der Waals surface area contributed by atoms with Gasteiger partial charge in [-0.05, 0) is 26.7 Å². The first-order valence-corrected chi connectivity index (χ1v) is 5.65. The molecule has 1 aliphatic rings. The molecule has 0 atom stereocenters. The van der Waals surface area contributed by atoms with Crippen LogP contribution in [-0.4, -0.2) is 10.7 Å². The largest absolute Gasteiger partial charge is 0.389 e. The molecule has 1 aliphatic carbocycles. The molecule has 2 nitrogen and oxygen atoms in total. The Morgan fingerprint density at radius 3 is 1.86 bits per heavy atom. The monoisotopic (exact) mass is 195 g/mol. The highest BCUT2D eigenvalue weighted by atomic mass is 16.3. The predicted octanol–water partition coefficient (Wildman–Crippen LogP) is 3.01. The third-order valence-electron chi connectivity index (χ3n) is 3.59. The first kappa shape index (κ1) is 11.5. The van der Waals surface area contributed by atoms with Crippen LogP contribution in [0.2, 0.25) is 0 Å². The molecule has 1 fully saturated rings. The van der Waals surface area contributed by atoms with Gasteiger partial charge < -0.3 is 5.11 Å². The normalized spacial score (nSPS) is 23.3. The molecule has 0 unspecified atom stereocenters. The summed E-state index contributed by atoms with van der Waals surface area (Å²) < 4.78 is 0. The maximum Gasteiger partial charge on any atom is 0.0854 e. The number of rotatable bonds is 1. The zero-order chi connectivity index (χ0) is 10.7. The number of nitrogens with zero attached hydrogens (tertiary/aromatic N) is 1.